The van der Waals surface area contributed by atoms with Crippen LogP contribution in [0.15, 0.2) is 23.3 Å². The first kappa shape index (κ1) is 12.5. The molecule has 0 aromatic carbocycles. The molecule has 0 atom stereocenters. The highest BCUT2D eigenvalue weighted by Crippen LogP contribution is 2.39. The molecule has 82 valence electrons. The minimum absolute atomic E-state index is 0.115. The van der Waals surface area contributed by atoms with E-state index < -0.39 is 5.41 Å². The molecule has 1 aliphatic rings. The van der Waals surface area contributed by atoms with Crippen LogP contribution in [0, 0.1) is 50.7 Å². The maximum atomic E-state index is 8.77. The number of hydrogen-bond donors (Lipinski definition) is 0. The van der Waals surface area contributed by atoms with Crippen molar-refractivity contribution in [3.8, 4) is 24.3 Å². The number of hydrogen-bond acceptors (Lipinski definition) is 4. The van der Waals surface area contributed by atoms with Crippen molar-refractivity contribution in [2.45, 2.75) is 25.7 Å². The maximum absolute atomic E-state index is 8.77. The molecule has 0 heterocycles. The molecule has 0 N–H and O–H groups in total. The predicted octanol–water partition coefficient (Wildman–Crippen LogP) is 2.49. The van der Waals surface area contributed by atoms with Crippen molar-refractivity contribution >= 4 is 0 Å². The molecule has 0 aromatic rings. The number of nitrogens with zero attached hydrogens (tertiary/aromatic N) is 4. The van der Waals surface area contributed by atoms with E-state index in [1.165, 1.54) is 0 Å². The van der Waals surface area contributed by atoms with E-state index in [0.29, 0.717) is 31.3 Å². The molecule has 0 fully saturated rings. The third kappa shape index (κ3) is 2.72. The van der Waals surface area contributed by atoms with Crippen molar-refractivity contribution < 1.29 is 0 Å². The second kappa shape index (κ2) is 5.50. The lowest BCUT2D eigenvalue weighted by Crippen LogP contribution is -2.20. The highest BCUT2D eigenvalue weighted by atomic mass is 14.4. The van der Waals surface area contributed by atoms with Gasteiger partial charge in [-0.25, -0.2) is 0 Å². The lowest BCUT2D eigenvalue weighted by molar-refractivity contribution is 0.358. The molecule has 4 nitrogen and oxygen atoms in total. The van der Waals surface area contributed by atoms with Crippen LogP contribution in [0.1, 0.15) is 25.7 Å². The number of nitriles is 4. The zero-order valence-corrected chi connectivity index (χ0v) is 9.27. The van der Waals surface area contributed by atoms with Gasteiger partial charge in [0.2, 0.25) is 0 Å². The van der Waals surface area contributed by atoms with Crippen molar-refractivity contribution in [1.82, 2.24) is 0 Å². The molecule has 1 rings (SSSR count). The summed E-state index contributed by atoms with van der Waals surface area (Å²) in [5, 5.41) is 35.0. The molecule has 0 spiro atoms. The van der Waals surface area contributed by atoms with E-state index >= 15 is 0 Å². The molecule has 0 radical (unpaired) electrons. The molecule has 0 amide bonds. The van der Waals surface area contributed by atoms with E-state index in [-0.39, 0.29) is 5.57 Å². The summed E-state index contributed by atoms with van der Waals surface area (Å²) in [7, 11) is 0. The fraction of sp³-hybridized carbons (Fsp3) is 0.385. The van der Waals surface area contributed by atoms with E-state index in [1.54, 1.807) is 12.2 Å². The van der Waals surface area contributed by atoms with Crippen molar-refractivity contribution in [2.75, 3.05) is 0 Å². The van der Waals surface area contributed by atoms with Crippen molar-refractivity contribution in [2.24, 2.45) is 5.41 Å². The first-order valence-electron chi connectivity index (χ1n) is 5.18. The molecule has 0 saturated heterocycles. The van der Waals surface area contributed by atoms with Gasteiger partial charge in [0.05, 0.1) is 12.1 Å². The lowest BCUT2D eigenvalue weighted by Gasteiger charge is -2.29. The van der Waals surface area contributed by atoms with Gasteiger partial charge < -0.3 is 0 Å². The minimum Gasteiger partial charge on any atom is -0.198 e. The van der Waals surface area contributed by atoms with Crippen LogP contribution in [0.3, 0.4) is 0 Å². The third-order valence-electron chi connectivity index (χ3n) is 2.94. The Morgan fingerprint density at radius 1 is 1.12 bits per heavy atom. The Morgan fingerprint density at radius 2 is 1.71 bits per heavy atom. The Balaban J connectivity index is 3.04. The Hall–Kier alpha value is -2.56. The van der Waals surface area contributed by atoms with Crippen LogP contribution in [-0.2, 0) is 0 Å². The second-order valence-corrected chi connectivity index (χ2v) is 3.99. The van der Waals surface area contributed by atoms with Crippen molar-refractivity contribution in [1.29, 1.82) is 21.0 Å². The zero-order valence-electron chi connectivity index (χ0n) is 9.27. The molecular weight excluding hydrogens is 212 g/mol. The first-order chi connectivity index (χ1) is 8.21. The van der Waals surface area contributed by atoms with Gasteiger partial charge in [0, 0.05) is 18.3 Å². The Kier molecular flexibility index (Phi) is 4.05. The summed E-state index contributed by atoms with van der Waals surface area (Å²) in [6.45, 7) is 0. The van der Waals surface area contributed by atoms with Crippen LogP contribution < -0.4 is 0 Å². The maximum Gasteiger partial charge on any atom is 0.132 e. The number of allylic oxidation sites excluding steroid dienone is 4. The summed E-state index contributed by atoms with van der Waals surface area (Å²) in [5.74, 6) is 0. The predicted molar refractivity (Wildman–Crippen MR) is 59.5 cm³/mol. The Morgan fingerprint density at radius 3 is 2.06 bits per heavy atom. The van der Waals surface area contributed by atoms with E-state index in [2.05, 4.69) is 12.1 Å². The molecular formula is C13H10N4. The fourth-order valence-corrected chi connectivity index (χ4v) is 1.88. The molecule has 0 unspecified atom stereocenters. The SMILES string of the molecule is N#CCC1(CC#N)C=CC(=C(C#N)C#N)CC1. The van der Waals surface area contributed by atoms with Gasteiger partial charge in [0.1, 0.15) is 17.7 Å². The smallest absolute Gasteiger partial charge is 0.132 e. The Bertz CT molecular complexity index is 494. The third-order valence-corrected chi connectivity index (χ3v) is 2.94. The average molecular weight is 222 g/mol. The van der Waals surface area contributed by atoms with Gasteiger partial charge in [-0.3, -0.25) is 0 Å². The van der Waals surface area contributed by atoms with Crippen molar-refractivity contribution in [3.05, 3.63) is 23.3 Å². The fourth-order valence-electron chi connectivity index (χ4n) is 1.88. The quantitative estimate of drug-likeness (QED) is 0.670. The highest BCUT2D eigenvalue weighted by molar-refractivity contribution is 5.46. The van der Waals surface area contributed by atoms with Gasteiger partial charge in [-0.05, 0) is 18.4 Å². The van der Waals surface area contributed by atoms with Crippen molar-refractivity contribution in [3.63, 3.8) is 0 Å². The van der Waals surface area contributed by atoms with E-state index in [0.717, 1.165) is 0 Å². The lowest BCUT2D eigenvalue weighted by atomic mass is 9.73. The molecule has 1 aliphatic carbocycles. The summed E-state index contributed by atoms with van der Waals surface area (Å²) >= 11 is 0. The van der Waals surface area contributed by atoms with Gasteiger partial charge >= 0.3 is 0 Å². The Labute approximate surface area is 100 Å². The van der Waals surface area contributed by atoms with E-state index in [1.807, 2.05) is 12.1 Å². The van der Waals surface area contributed by atoms with Crippen LogP contribution in [0.4, 0.5) is 0 Å². The molecule has 4 heteroatoms. The molecule has 0 aromatic heterocycles. The van der Waals surface area contributed by atoms with Gasteiger partial charge in [-0.1, -0.05) is 12.2 Å². The topological polar surface area (TPSA) is 95.2 Å². The van der Waals surface area contributed by atoms with E-state index in [9.17, 15) is 0 Å². The molecule has 0 saturated carbocycles. The molecule has 0 aliphatic heterocycles. The van der Waals surface area contributed by atoms with Crippen LogP contribution in [0.5, 0.6) is 0 Å². The monoisotopic (exact) mass is 222 g/mol. The summed E-state index contributed by atoms with van der Waals surface area (Å²) in [6.07, 6.45) is 5.29. The van der Waals surface area contributed by atoms with Crippen LogP contribution in [0.2, 0.25) is 0 Å². The average Bonchev–Trinajstić information content (AvgIpc) is 2.34. The summed E-state index contributed by atoms with van der Waals surface area (Å²) in [5.41, 5.74) is 0.397. The molecule has 0 bridgehead atoms. The minimum atomic E-state index is -0.414. The molecule has 17 heavy (non-hydrogen) atoms. The second-order valence-electron chi connectivity index (χ2n) is 3.99. The number of rotatable bonds is 2. The van der Waals surface area contributed by atoms with Crippen LogP contribution >= 0.6 is 0 Å². The highest BCUT2D eigenvalue weighted by Gasteiger charge is 2.30. The van der Waals surface area contributed by atoms with E-state index in [4.69, 9.17) is 21.0 Å². The van der Waals surface area contributed by atoms with Gasteiger partial charge in [0.25, 0.3) is 0 Å². The van der Waals surface area contributed by atoms with Crippen LogP contribution in [-0.4, -0.2) is 0 Å². The van der Waals surface area contributed by atoms with Gasteiger partial charge in [0.15, 0.2) is 0 Å². The van der Waals surface area contributed by atoms with Gasteiger partial charge in [-0.2, -0.15) is 21.0 Å². The largest absolute Gasteiger partial charge is 0.198 e. The summed E-state index contributed by atoms with van der Waals surface area (Å²) < 4.78 is 0. The normalized spacial score (nSPS) is 16.1. The zero-order chi connectivity index (χ0) is 12.7. The summed E-state index contributed by atoms with van der Waals surface area (Å²) in [6, 6.07) is 7.87. The standard InChI is InChI=1S/C13H10N4/c14-7-5-13(6-8-15)3-1-11(2-4-13)12(9-16)10-17/h1,3H,2,4-6H2. The van der Waals surface area contributed by atoms with Crippen LogP contribution in [0.25, 0.3) is 0 Å². The summed E-state index contributed by atoms with van der Waals surface area (Å²) in [4.78, 5) is 0. The first-order valence-corrected chi connectivity index (χ1v) is 5.18. The van der Waals surface area contributed by atoms with Gasteiger partial charge in [-0.15, -0.1) is 0 Å².